The maximum atomic E-state index is 5.81. The Morgan fingerprint density at radius 3 is 2.52 bits per heavy atom. The lowest BCUT2D eigenvalue weighted by Crippen LogP contribution is -2.51. The lowest BCUT2D eigenvalue weighted by molar-refractivity contribution is -0.0288. The molecule has 0 bridgehead atoms. The fourth-order valence-electron chi connectivity index (χ4n) is 2.48. The van der Waals surface area contributed by atoms with Gasteiger partial charge in [-0.1, -0.05) is 29.8 Å². The third kappa shape index (κ3) is 4.97. The van der Waals surface area contributed by atoms with Crippen molar-refractivity contribution in [3.05, 3.63) is 28.2 Å². The molecule has 2 atom stereocenters. The Balaban J connectivity index is 3.03. The van der Waals surface area contributed by atoms with Crippen LogP contribution in [0.2, 0.25) is 0 Å². The molecule has 0 spiro atoms. The third-order valence-electron chi connectivity index (χ3n) is 4.21. The van der Waals surface area contributed by atoms with Gasteiger partial charge in [0.05, 0.1) is 12.7 Å². The van der Waals surface area contributed by atoms with Crippen molar-refractivity contribution in [2.24, 2.45) is 0 Å². The molecule has 120 valence electrons. The highest BCUT2D eigenvalue weighted by Gasteiger charge is 2.32. The Bertz CT molecular complexity index is 433. The molecule has 2 unspecified atom stereocenters. The van der Waals surface area contributed by atoms with Crippen LogP contribution in [0.3, 0.4) is 0 Å². The van der Waals surface area contributed by atoms with Crippen LogP contribution in [-0.4, -0.2) is 32.4 Å². The number of hydrogen-bond acceptors (Lipinski definition) is 3. The molecule has 0 aliphatic heterocycles. The molecular formula is C17H28BrNO2. The van der Waals surface area contributed by atoms with Gasteiger partial charge in [0.2, 0.25) is 0 Å². The van der Waals surface area contributed by atoms with Gasteiger partial charge in [-0.05, 0) is 56.5 Å². The monoisotopic (exact) mass is 357 g/mol. The molecule has 0 saturated carbocycles. The summed E-state index contributed by atoms with van der Waals surface area (Å²) in [5.74, 6) is 0.927. The second-order valence-corrected chi connectivity index (χ2v) is 6.45. The molecule has 1 aromatic rings. The van der Waals surface area contributed by atoms with E-state index in [0.29, 0.717) is 0 Å². The van der Waals surface area contributed by atoms with E-state index in [9.17, 15) is 0 Å². The minimum Gasteiger partial charge on any atom is -0.496 e. The Kier molecular flexibility index (Phi) is 7.71. The van der Waals surface area contributed by atoms with Crippen LogP contribution in [0.25, 0.3) is 0 Å². The van der Waals surface area contributed by atoms with E-state index in [0.717, 1.165) is 36.0 Å². The van der Waals surface area contributed by atoms with E-state index in [-0.39, 0.29) is 11.6 Å². The first kappa shape index (κ1) is 18.5. The Labute approximate surface area is 137 Å². The highest BCUT2D eigenvalue weighted by molar-refractivity contribution is 9.10. The number of ether oxygens (including phenoxy) is 2. The topological polar surface area (TPSA) is 30.5 Å². The van der Waals surface area contributed by atoms with Crippen LogP contribution in [0, 0.1) is 0 Å². The number of benzene rings is 1. The van der Waals surface area contributed by atoms with Crippen molar-refractivity contribution in [2.75, 3.05) is 20.8 Å². The molecule has 1 rings (SSSR count). The lowest BCUT2D eigenvalue weighted by Gasteiger charge is -2.37. The van der Waals surface area contributed by atoms with E-state index in [2.05, 4.69) is 48.1 Å². The van der Waals surface area contributed by atoms with Gasteiger partial charge >= 0.3 is 0 Å². The molecule has 1 N–H and O–H groups in total. The molecule has 21 heavy (non-hydrogen) atoms. The van der Waals surface area contributed by atoms with Gasteiger partial charge in [-0.15, -0.1) is 0 Å². The molecule has 0 aliphatic carbocycles. The summed E-state index contributed by atoms with van der Waals surface area (Å²) in [6, 6.07) is 6.39. The SMILES string of the molecule is CCCNC(Cc1cc(Br)ccc1OC)C(C)(CC)OC. The fraction of sp³-hybridized carbons (Fsp3) is 0.647. The van der Waals surface area contributed by atoms with Gasteiger partial charge in [0.1, 0.15) is 5.75 Å². The van der Waals surface area contributed by atoms with Crippen molar-refractivity contribution in [1.82, 2.24) is 5.32 Å². The highest BCUT2D eigenvalue weighted by Crippen LogP contribution is 2.28. The van der Waals surface area contributed by atoms with Gasteiger partial charge in [0.15, 0.2) is 0 Å². The summed E-state index contributed by atoms with van der Waals surface area (Å²) in [7, 11) is 3.51. The van der Waals surface area contributed by atoms with Crippen molar-refractivity contribution in [2.45, 2.75) is 51.7 Å². The number of methoxy groups -OCH3 is 2. The summed E-state index contributed by atoms with van der Waals surface area (Å²) in [6.45, 7) is 7.51. The Morgan fingerprint density at radius 2 is 2.00 bits per heavy atom. The molecule has 3 nitrogen and oxygen atoms in total. The van der Waals surface area contributed by atoms with Gasteiger partial charge in [0, 0.05) is 17.6 Å². The van der Waals surface area contributed by atoms with E-state index in [1.54, 1.807) is 14.2 Å². The first-order valence-corrected chi connectivity index (χ1v) is 8.41. The molecule has 1 aromatic carbocycles. The summed E-state index contributed by atoms with van der Waals surface area (Å²) in [4.78, 5) is 0. The highest BCUT2D eigenvalue weighted by atomic mass is 79.9. The first-order valence-electron chi connectivity index (χ1n) is 7.61. The second-order valence-electron chi connectivity index (χ2n) is 5.54. The molecule has 0 aliphatic rings. The number of rotatable bonds is 9. The van der Waals surface area contributed by atoms with Crippen molar-refractivity contribution < 1.29 is 9.47 Å². The van der Waals surface area contributed by atoms with E-state index in [1.165, 1.54) is 5.56 Å². The quantitative estimate of drug-likeness (QED) is 0.718. The molecule has 0 heterocycles. The van der Waals surface area contributed by atoms with Crippen molar-refractivity contribution in [1.29, 1.82) is 0 Å². The van der Waals surface area contributed by atoms with Gasteiger partial charge < -0.3 is 14.8 Å². The van der Waals surface area contributed by atoms with Crippen LogP contribution in [0.15, 0.2) is 22.7 Å². The van der Waals surface area contributed by atoms with Crippen molar-refractivity contribution >= 4 is 15.9 Å². The average Bonchev–Trinajstić information content (AvgIpc) is 2.50. The second kappa shape index (κ2) is 8.76. The molecule has 0 saturated heterocycles. The molecule has 0 amide bonds. The zero-order chi connectivity index (χ0) is 15.9. The van der Waals surface area contributed by atoms with Crippen LogP contribution in [0.5, 0.6) is 5.75 Å². The standard InChI is InChI=1S/C17H28BrNO2/c1-6-10-19-16(17(3,7-2)21-5)12-13-11-14(18)8-9-15(13)20-4/h8-9,11,16,19H,6-7,10,12H2,1-5H3. The molecule has 0 aromatic heterocycles. The van der Waals surface area contributed by atoms with Crippen LogP contribution in [0.4, 0.5) is 0 Å². The summed E-state index contributed by atoms with van der Waals surface area (Å²) in [5, 5.41) is 3.64. The molecular weight excluding hydrogens is 330 g/mol. The number of halogens is 1. The Morgan fingerprint density at radius 1 is 1.29 bits per heavy atom. The van der Waals surface area contributed by atoms with Gasteiger partial charge in [-0.2, -0.15) is 0 Å². The largest absolute Gasteiger partial charge is 0.496 e. The summed E-state index contributed by atoms with van der Waals surface area (Å²) >= 11 is 3.55. The Hall–Kier alpha value is -0.580. The average molecular weight is 358 g/mol. The van der Waals surface area contributed by atoms with E-state index in [1.807, 2.05) is 12.1 Å². The maximum absolute atomic E-state index is 5.81. The van der Waals surface area contributed by atoms with Crippen LogP contribution in [0.1, 0.15) is 39.2 Å². The predicted octanol–water partition coefficient (Wildman–Crippen LogP) is 4.18. The first-order chi connectivity index (χ1) is 10.0. The van der Waals surface area contributed by atoms with Gasteiger partial charge in [0.25, 0.3) is 0 Å². The van der Waals surface area contributed by atoms with Crippen molar-refractivity contribution in [3.8, 4) is 5.75 Å². The van der Waals surface area contributed by atoms with E-state index in [4.69, 9.17) is 9.47 Å². The van der Waals surface area contributed by atoms with Crippen LogP contribution >= 0.6 is 15.9 Å². The summed E-state index contributed by atoms with van der Waals surface area (Å²) in [6.07, 6.45) is 2.94. The predicted molar refractivity (Wildman–Crippen MR) is 92.2 cm³/mol. The molecule has 0 fully saturated rings. The zero-order valence-corrected chi connectivity index (χ0v) is 15.4. The molecule has 0 radical (unpaired) electrons. The third-order valence-corrected chi connectivity index (χ3v) is 4.71. The maximum Gasteiger partial charge on any atom is 0.122 e. The number of hydrogen-bond donors (Lipinski definition) is 1. The van der Waals surface area contributed by atoms with E-state index >= 15 is 0 Å². The van der Waals surface area contributed by atoms with Gasteiger partial charge in [-0.3, -0.25) is 0 Å². The zero-order valence-electron chi connectivity index (χ0n) is 13.8. The van der Waals surface area contributed by atoms with Gasteiger partial charge in [-0.25, -0.2) is 0 Å². The molecule has 4 heteroatoms. The minimum absolute atomic E-state index is 0.192. The minimum atomic E-state index is -0.192. The smallest absolute Gasteiger partial charge is 0.122 e. The fourth-order valence-corrected chi connectivity index (χ4v) is 2.89. The van der Waals surface area contributed by atoms with Crippen LogP contribution in [-0.2, 0) is 11.2 Å². The number of nitrogens with one attached hydrogen (secondary N) is 1. The normalized spacial score (nSPS) is 15.5. The van der Waals surface area contributed by atoms with Crippen molar-refractivity contribution in [3.63, 3.8) is 0 Å². The van der Waals surface area contributed by atoms with Crippen LogP contribution < -0.4 is 10.1 Å². The summed E-state index contributed by atoms with van der Waals surface area (Å²) < 4.78 is 12.4. The lowest BCUT2D eigenvalue weighted by atomic mass is 9.88. The summed E-state index contributed by atoms with van der Waals surface area (Å²) in [5.41, 5.74) is 1.000. The van der Waals surface area contributed by atoms with E-state index < -0.39 is 0 Å².